The maximum atomic E-state index is 11.7. The summed E-state index contributed by atoms with van der Waals surface area (Å²) in [6.45, 7) is 3.24. The molecule has 0 spiro atoms. The fourth-order valence-corrected chi connectivity index (χ4v) is 1.79. The van der Waals surface area contributed by atoms with Crippen LogP contribution < -0.4 is 10.1 Å². The van der Waals surface area contributed by atoms with Crippen molar-refractivity contribution >= 4 is 17.6 Å². The van der Waals surface area contributed by atoms with E-state index in [1.165, 1.54) is 0 Å². The van der Waals surface area contributed by atoms with Crippen molar-refractivity contribution in [3.63, 3.8) is 0 Å². The smallest absolute Gasteiger partial charge is 0.341 e. The number of rotatable bonds is 3. The van der Waals surface area contributed by atoms with Gasteiger partial charge in [0.1, 0.15) is 5.75 Å². The van der Waals surface area contributed by atoms with Crippen molar-refractivity contribution in [2.75, 3.05) is 11.9 Å². The lowest BCUT2D eigenvalue weighted by atomic mass is 9.86. The van der Waals surface area contributed by atoms with Gasteiger partial charge in [-0.15, -0.1) is 0 Å². The number of hydrogen-bond donors (Lipinski definition) is 2. The number of carbonyl (C=O) groups excluding carboxylic acids is 1. The number of amides is 1. The Balaban J connectivity index is 2.29. The van der Waals surface area contributed by atoms with E-state index in [1.54, 1.807) is 18.2 Å². The van der Waals surface area contributed by atoms with Gasteiger partial charge in [0, 0.05) is 5.69 Å². The van der Waals surface area contributed by atoms with Crippen LogP contribution in [0.1, 0.15) is 19.4 Å². The first-order valence-electron chi connectivity index (χ1n) is 5.22. The third-order valence-corrected chi connectivity index (χ3v) is 2.84. The van der Waals surface area contributed by atoms with E-state index < -0.39 is 11.4 Å². The minimum atomic E-state index is -1.03. The van der Waals surface area contributed by atoms with Crippen molar-refractivity contribution in [2.24, 2.45) is 0 Å². The van der Waals surface area contributed by atoms with Crippen molar-refractivity contribution in [3.8, 4) is 5.75 Å². The van der Waals surface area contributed by atoms with Gasteiger partial charge in [-0.3, -0.25) is 4.79 Å². The molecule has 1 aliphatic heterocycles. The van der Waals surface area contributed by atoms with Crippen LogP contribution in [0.15, 0.2) is 18.2 Å². The molecule has 0 aliphatic carbocycles. The van der Waals surface area contributed by atoms with Crippen molar-refractivity contribution in [1.82, 2.24) is 0 Å². The summed E-state index contributed by atoms with van der Waals surface area (Å²) in [6.07, 6.45) is 0. The van der Waals surface area contributed by atoms with Crippen LogP contribution in [0.3, 0.4) is 0 Å². The average molecular weight is 235 g/mol. The number of ether oxygens (including phenoxy) is 1. The molecule has 17 heavy (non-hydrogen) atoms. The van der Waals surface area contributed by atoms with Gasteiger partial charge in [0.15, 0.2) is 6.61 Å². The van der Waals surface area contributed by atoms with Gasteiger partial charge < -0.3 is 15.2 Å². The van der Waals surface area contributed by atoms with E-state index in [-0.39, 0.29) is 12.5 Å². The predicted octanol–water partition coefficient (Wildman–Crippen LogP) is 1.38. The molecule has 0 unspecified atom stereocenters. The average Bonchev–Trinajstić information content (AvgIpc) is 2.48. The lowest BCUT2D eigenvalue weighted by Crippen LogP contribution is -2.26. The van der Waals surface area contributed by atoms with E-state index in [0.717, 1.165) is 11.3 Å². The van der Waals surface area contributed by atoms with Crippen LogP contribution >= 0.6 is 0 Å². The molecule has 90 valence electrons. The molecule has 1 aliphatic rings. The number of nitrogens with one attached hydrogen (secondary N) is 1. The Bertz CT molecular complexity index is 493. The summed E-state index contributed by atoms with van der Waals surface area (Å²) in [5.74, 6) is -0.641. The van der Waals surface area contributed by atoms with Crippen LogP contribution in [0.5, 0.6) is 5.75 Å². The topological polar surface area (TPSA) is 75.6 Å². The quantitative estimate of drug-likeness (QED) is 0.829. The van der Waals surface area contributed by atoms with Gasteiger partial charge in [-0.1, -0.05) is 0 Å². The van der Waals surface area contributed by atoms with Gasteiger partial charge in [0.2, 0.25) is 5.91 Å². The second-order valence-electron chi connectivity index (χ2n) is 4.47. The maximum Gasteiger partial charge on any atom is 0.341 e. The Morgan fingerprint density at radius 2 is 2.18 bits per heavy atom. The second-order valence-corrected chi connectivity index (χ2v) is 4.47. The number of aliphatic carboxylic acids is 1. The lowest BCUT2D eigenvalue weighted by Gasteiger charge is -2.15. The van der Waals surface area contributed by atoms with E-state index in [1.807, 2.05) is 13.8 Å². The van der Waals surface area contributed by atoms with Gasteiger partial charge in [0.25, 0.3) is 0 Å². The first-order chi connectivity index (χ1) is 7.91. The minimum Gasteiger partial charge on any atom is -0.482 e. The summed E-state index contributed by atoms with van der Waals surface area (Å²) in [7, 11) is 0. The molecule has 0 aromatic heterocycles. The Morgan fingerprint density at radius 1 is 1.47 bits per heavy atom. The van der Waals surface area contributed by atoms with Crippen molar-refractivity contribution in [2.45, 2.75) is 19.3 Å². The third kappa shape index (κ3) is 1.95. The van der Waals surface area contributed by atoms with E-state index >= 15 is 0 Å². The molecule has 0 fully saturated rings. The minimum absolute atomic E-state index is 0.0668. The first kappa shape index (κ1) is 11.4. The molecule has 0 bridgehead atoms. The molecule has 0 saturated heterocycles. The van der Waals surface area contributed by atoms with Crippen LogP contribution in [0, 0.1) is 0 Å². The normalized spacial score (nSPS) is 16.2. The Kier molecular flexibility index (Phi) is 2.53. The molecule has 1 aromatic rings. The summed E-state index contributed by atoms with van der Waals surface area (Å²) in [5.41, 5.74) is 0.964. The fraction of sp³-hybridized carbons (Fsp3) is 0.333. The largest absolute Gasteiger partial charge is 0.482 e. The van der Waals surface area contributed by atoms with Crippen LogP contribution in [0.2, 0.25) is 0 Å². The number of carboxylic acids is 1. The molecule has 0 radical (unpaired) electrons. The number of carboxylic acid groups (broad SMARTS) is 1. The Hall–Kier alpha value is -2.04. The third-order valence-electron chi connectivity index (χ3n) is 2.84. The number of benzene rings is 1. The molecule has 0 saturated carbocycles. The summed E-state index contributed by atoms with van der Waals surface area (Å²) >= 11 is 0. The molecule has 5 nitrogen and oxygen atoms in total. The Morgan fingerprint density at radius 3 is 2.82 bits per heavy atom. The molecule has 2 N–H and O–H groups in total. The summed E-state index contributed by atoms with van der Waals surface area (Å²) in [6, 6.07) is 5.07. The van der Waals surface area contributed by atoms with E-state index in [4.69, 9.17) is 9.84 Å². The van der Waals surface area contributed by atoms with Gasteiger partial charge in [-0.25, -0.2) is 4.79 Å². The predicted molar refractivity (Wildman–Crippen MR) is 61.2 cm³/mol. The highest BCUT2D eigenvalue weighted by Gasteiger charge is 2.38. The Labute approximate surface area is 98.4 Å². The van der Waals surface area contributed by atoms with Gasteiger partial charge in [-0.05, 0) is 37.6 Å². The van der Waals surface area contributed by atoms with E-state index in [9.17, 15) is 9.59 Å². The van der Waals surface area contributed by atoms with E-state index in [0.29, 0.717) is 5.75 Å². The maximum absolute atomic E-state index is 11.7. The molecule has 1 amide bonds. The molecule has 0 atom stereocenters. The number of carbonyl (C=O) groups is 2. The van der Waals surface area contributed by atoms with Gasteiger partial charge in [-0.2, -0.15) is 0 Å². The summed E-state index contributed by atoms with van der Waals surface area (Å²) in [4.78, 5) is 22.1. The van der Waals surface area contributed by atoms with Crippen LogP contribution in [0.25, 0.3) is 0 Å². The second kappa shape index (κ2) is 3.76. The van der Waals surface area contributed by atoms with Crippen molar-refractivity contribution in [3.05, 3.63) is 23.8 Å². The highest BCUT2D eigenvalue weighted by atomic mass is 16.5. The standard InChI is InChI=1S/C12H13NO4/c1-12(2)8-5-7(17-6-10(14)15)3-4-9(8)13-11(12)16/h3-5H,6H2,1-2H3,(H,13,16)(H,14,15). The molecule has 2 rings (SSSR count). The monoisotopic (exact) mass is 235 g/mol. The number of hydrogen-bond acceptors (Lipinski definition) is 3. The summed E-state index contributed by atoms with van der Waals surface area (Å²) in [5, 5.41) is 11.3. The zero-order valence-corrected chi connectivity index (χ0v) is 9.61. The highest BCUT2D eigenvalue weighted by Crippen LogP contribution is 2.39. The van der Waals surface area contributed by atoms with Gasteiger partial charge in [0.05, 0.1) is 5.41 Å². The van der Waals surface area contributed by atoms with Crippen molar-refractivity contribution in [1.29, 1.82) is 0 Å². The summed E-state index contributed by atoms with van der Waals surface area (Å²) < 4.78 is 5.08. The van der Waals surface area contributed by atoms with Crippen LogP contribution in [-0.4, -0.2) is 23.6 Å². The number of anilines is 1. The van der Waals surface area contributed by atoms with Crippen LogP contribution in [0.4, 0.5) is 5.69 Å². The van der Waals surface area contributed by atoms with Gasteiger partial charge >= 0.3 is 5.97 Å². The fourth-order valence-electron chi connectivity index (χ4n) is 1.79. The van der Waals surface area contributed by atoms with Crippen molar-refractivity contribution < 1.29 is 19.4 Å². The number of fused-ring (bicyclic) bond motifs is 1. The zero-order chi connectivity index (χ0) is 12.6. The molecular formula is C12H13NO4. The molecule has 1 heterocycles. The van der Waals surface area contributed by atoms with E-state index in [2.05, 4.69) is 5.32 Å². The first-order valence-corrected chi connectivity index (χ1v) is 5.22. The lowest BCUT2D eigenvalue weighted by molar-refractivity contribution is -0.139. The SMILES string of the molecule is CC1(C)C(=O)Nc2ccc(OCC(=O)O)cc21. The molecule has 1 aromatic carbocycles. The molecular weight excluding hydrogens is 222 g/mol. The zero-order valence-electron chi connectivity index (χ0n) is 9.61. The molecule has 5 heteroatoms. The van der Waals surface area contributed by atoms with Crippen LogP contribution in [-0.2, 0) is 15.0 Å². The highest BCUT2D eigenvalue weighted by molar-refractivity contribution is 6.05.